The molecule has 0 radical (unpaired) electrons. The third kappa shape index (κ3) is 8.62. The van der Waals surface area contributed by atoms with Gasteiger partial charge in [-0.2, -0.15) is 4.90 Å². The van der Waals surface area contributed by atoms with Gasteiger partial charge in [-0.05, 0) is 99.6 Å². The van der Waals surface area contributed by atoms with Gasteiger partial charge in [-0.3, -0.25) is 9.79 Å². The standard InChI is InChI=1S/C35H46FN5O10S/c1-31(2,3)49-28(43)40-18-35(19-40)27(41(29(44)50-32(4,5)6)30(45)51-33(7,8)9)39-34(10,20-52(35,46)47)23-16-21(12-14-24(23)36)38-26(42)25-15-13-22(48-11)17-37-25/h12-17H,18-20H2,1-11H3,(H,38,42). The number of likely N-dealkylation sites (tertiary alicyclic amines) is 1. The summed E-state index contributed by atoms with van der Waals surface area (Å²) in [5.41, 5.74) is -5.42. The minimum atomic E-state index is -4.52. The van der Waals surface area contributed by atoms with Crippen molar-refractivity contribution in [2.24, 2.45) is 4.99 Å². The Hall–Kier alpha value is -4.80. The zero-order valence-corrected chi connectivity index (χ0v) is 32.1. The van der Waals surface area contributed by atoms with Crippen LogP contribution in [0.3, 0.4) is 0 Å². The first-order chi connectivity index (χ1) is 23.7. The Bertz CT molecular complexity index is 1860. The van der Waals surface area contributed by atoms with Crippen molar-refractivity contribution < 1.29 is 50.9 Å². The highest BCUT2D eigenvalue weighted by atomic mass is 32.2. The van der Waals surface area contributed by atoms with E-state index < -0.39 is 91.6 Å². The largest absolute Gasteiger partial charge is 0.495 e. The van der Waals surface area contributed by atoms with Crippen LogP contribution < -0.4 is 10.1 Å². The third-order valence-electron chi connectivity index (χ3n) is 7.74. The van der Waals surface area contributed by atoms with Gasteiger partial charge in [0.2, 0.25) is 0 Å². The Labute approximate surface area is 302 Å². The number of sulfone groups is 1. The first-order valence-electron chi connectivity index (χ1n) is 16.4. The van der Waals surface area contributed by atoms with Crippen LogP contribution in [0.4, 0.5) is 24.5 Å². The van der Waals surface area contributed by atoms with E-state index in [0.29, 0.717) is 10.6 Å². The van der Waals surface area contributed by atoms with Crippen LogP contribution in [0.25, 0.3) is 0 Å². The summed E-state index contributed by atoms with van der Waals surface area (Å²) >= 11 is 0. The summed E-state index contributed by atoms with van der Waals surface area (Å²) in [7, 11) is -3.07. The Morgan fingerprint density at radius 3 is 1.92 bits per heavy atom. The number of carbonyl (C=O) groups excluding carboxylic acids is 4. The number of benzene rings is 1. The number of carbonyl (C=O) groups is 4. The van der Waals surface area contributed by atoms with Crippen molar-refractivity contribution in [3.05, 3.63) is 53.6 Å². The number of amides is 4. The van der Waals surface area contributed by atoms with Crippen LogP contribution in [0.15, 0.2) is 41.5 Å². The first kappa shape index (κ1) is 40.0. The van der Waals surface area contributed by atoms with Gasteiger partial charge in [0.05, 0.1) is 32.1 Å². The van der Waals surface area contributed by atoms with Crippen LogP contribution in [-0.4, -0.2) is 101 Å². The molecule has 0 aliphatic carbocycles. The third-order valence-corrected chi connectivity index (χ3v) is 10.3. The van der Waals surface area contributed by atoms with Gasteiger partial charge in [0.1, 0.15) is 45.4 Å². The average molecular weight is 748 g/mol. The minimum Gasteiger partial charge on any atom is -0.495 e. The molecular weight excluding hydrogens is 701 g/mol. The number of nitrogens with zero attached hydrogens (tertiary/aromatic N) is 4. The molecule has 1 aromatic carbocycles. The fourth-order valence-electron chi connectivity index (χ4n) is 5.48. The normalized spacial score (nSPS) is 19.5. The van der Waals surface area contributed by atoms with Crippen molar-refractivity contribution in [1.29, 1.82) is 0 Å². The van der Waals surface area contributed by atoms with Gasteiger partial charge in [0, 0.05) is 11.3 Å². The van der Waals surface area contributed by atoms with Crippen LogP contribution in [0, 0.1) is 5.82 Å². The van der Waals surface area contributed by atoms with E-state index in [9.17, 15) is 27.6 Å². The number of aliphatic imine (C=N–C) groups is 1. The van der Waals surface area contributed by atoms with Gasteiger partial charge in [0.25, 0.3) is 5.91 Å². The number of pyridine rings is 1. The number of ether oxygens (including phenoxy) is 4. The predicted octanol–water partition coefficient (Wildman–Crippen LogP) is 5.69. The van der Waals surface area contributed by atoms with E-state index in [0.717, 1.165) is 11.0 Å². The van der Waals surface area contributed by atoms with Gasteiger partial charge >= 0.3 is 18.3 Å². The zero-order chi connectivity index (χ0) is 39.2. The van der Waals surface area contributed by atoms with Gasteiger partial charge in [-0.25, -0.2) is 32.2 Å². The molecular formula is C35H46FN5O10S. The highest BCUT2D eigenvalue weighted by molar-refractivity contribution is 7.93. The molecule has 1 unspecified atom stereocenters. The molecule has 1 atom stereocenters. The van der Waals surface area contributed by atoms with Crippen LogP contribution in [-0.2, 0) is 29.6 Å². The zero-order valence-electron chi connectivity index (χ0n) is 31.2. The molecule has 2 aromatic rings. The molecule has 1 fully saturated rings. The molecule has 15 nitrogen and oxygen atoms in total. The molecule has 0 bridgehead atoms. The molecule has 2 aliphatic heterocycles. The van der Waals surface area contributed by atoms with Gasteiger partial charge in [0.15, 0.2) is 14.6 Å². The fraction of sp³-hybridized carbons (Fsp3) is 0.543. The second kappa shape index (κ2) is 13.6. The molecule has 1 spiro atoms. The topological polar surface area (TPSA) is 183 Å². The number of imide groups is 1. The summed E-state index contributed by atoms with van der Waals surface area (Å²) in [5, 5.41) is 2.61. The second-order valence-corrected chi connectivity index (χ2v) is 18.1. The van der Waals surface area contributed by atoms with Crippen molar-refractivity contribution in [3.63, 3.8) is 0 Å². The number of rotatable bonds is 4. The Balaban J connectivity index is 1.89. The quantitative estimate of drug-likeness (QED) is 0.380. The number of hydrogen-bond acceptors (Lipinski definition) is 12. The lowest BCUT2D eigenvalue weighted by Gasteiger charge is -2.53. The number of nitrogens with one attached hydrogen (secondary N) is 1. The highest BCUT2D eigenvalue weighted by Crippen LogP contribution is 2.45. The minimum absolute atomic E-state index is 0.0188. The average Bonchev–Trinajstić information content (AvgIpc) is 2.93. The lowest BCUT2D eigenvalue weighted by atomic mass is 9.90. The molecule has 1 N–H and O–H groups in total. The van der Waals surface area contributed by atoms with E-state index in [4.69, 9.17) is 18.9 Å². The van der Waals surface area contributed by atoms with Gasteiger partial charge < -0.3 is 29.2 Å². The number of hydrogen-bond donors (Lipinski definition) is 1. The number of methoxy groups -OCH3 is 1. The maximum atomic E-state index is 15.8. The molecule has 4 rings (SSSR count). The Morgan fingerprint density at radius 1 is 0.885 bits per heavy atom. The number of amidine groups is 1. The lowest BCUT2D eigenvalue weighted by Crippen LogP contribution is -2.77. The van der Waals surface area contributed by atoms with E-state index in [1.54, 1.807) is 62.3 Å². The van der Waals surface area contributed by atoms with E-state index >= 15 is 4.39 Å². The van der Waals surface area contributed by atoms with Gasteiger partial charge in [-0.15, -0.1) is 0 Å². The Morgan fingerprint density at radius 2 is 1.44 bits per heavy atom. The molecule has 284 valence electrons. The molecule has 17 heteroatoms. The van der Waals surface area contributed by atoms with Crippen molar-refractivity contribution in [2.75, 3.05) is 31.3 Å². The summed E-state index contributed by atoms with van der Waals surface area (Å²) in [4.78, 5) is 64.0. The molecule has 0 saturated carbocycles. The summed E-state index contributed by atoms with van der Waals surface area (Å²) in [6, 6.07) is 6.46. The van der Waals surface area contributed by atoms with Crippen molar-refractivity contribution >= 4 is 45.5 Å². The van der Waals surface area contributed by atoms with Crippen molar-refractivity contribution in [3.8, 4) is 5.75 Å². The fourth-order valence-corrected chi connectivity index (χ4v) is 7.84. The monoisotopic (exact) mass is 747 g/mol. The SMILES string of the molecule is COc1ccc(C(=O)Nc2ccc(F)c(C3(C)CS(=O)(=O)C4(CN(C(=O)OC(C)(C)C)C4)C(N(C(=O)OC(C)(C)C)C(=O)OC(C)(C)C)=N3)c2)nc1. The van der Waals surface area contributed by atoms with Crippen LogP contribution >= 0.6 is 0 Å². The van der Waals surface area contributed by atoms with Gasteiger partial charge in [-0.1, -0.05) is 0 Å². The van der Waals surface area contributed by atoms with Crippen LogP contribution in [0.5, 0.6) is 5.75 Å². The maximum Gasteiger partial charge on any atom is 0.425 e. The molecule has 3 heterocycles. The molecule has 2 aliphatic rings. The lowest BCUT2D eigenvalue weighted by molar-refractivity contribution is 0.00524. The predicted molar refractivity (Wildman–Crippen MR) is 189 cm³/mol. The molecule has 52 heavy (non-hydrogen) atoms. The van der Waals surface area contributed by atoms with Crippen molar-refractivity contribution in [2.45, 2.75) is 96.3 Å². The number of anilines is 1. The van der Waals surface area contributed by atoms with Crippen molar-refractivity contribution in [1.82, 2.24) is 14.8 Å². The molecule has 1 saturated heterocycles. The summed E-state index contributed by atoms with van der Waals surface area (Å²) in [6.07, 6.45) is -2.09. The van der Waals surface area contributed by atoms with Crippen LogP contribution in [0.2, 0.25) is 0 Å². The van der Waals surface area contributed by atoms with E-state index in [-0.39, 0.29) is 16.9 Å². The highest BCUT2D eigenvalue weighted by Gasteiger charge is 2.66. The van der Waals surface area contributed by atoms with Crippen LogP contribution in [0.1, 0.15) is 85.3 Å². The maximum absolute atomic E-state index is 15.8. The molecule has 1 aromatic heterocycles. The Kier molecular flexibility index (Phi) is 10.5. The summed E-state index contributed by atoms with van der Waals surface area (Å²) in [6.45, 7) is 14.4. The smallest absolute Gasteiger partial charge is 0.425 e. The second-order valence-electron chi connectivity index (χ2n) is 15.8. The summed E-state index contributed by atoms with van der Waals surface area (Å²) < 4.78 is 64.4. The number of halogens is 1. The van der Waals surface area contributed by atoms with E-state index in [2.05, 4.69) is 15.3 Å². The number of aromatic nitrogens is 1. The van der Waals surface area contributed by atoms with E-state index in [1.165, 1.54) is 44.5 Å². The molecule has 4 amide bonds. The first-order valence-corrected chi connectivity index (χ1v) is 18.0. The summed E-state index contributed by atoms with van der Waals surface area (Å²) in [5.74, 6) is -2.55. The van der Waals surface area contributed by atoms with E-state index in [1.807, 2.05) is 0 Å².